The van der Waals surface area contributed by atoms with Crippen molar-refractivity contribution in [1.29, 1.82) is 0 Å². The number of aryl methyl sites for hydroxylation is 1. The van der Waals surface area contributed by atoms with E-state index in [1.165, 1.54) is 10.9 Å². The second-order valence-corrected chi connectivity index (χ2v) is 7.09. The van der Waals surface area contributed by atoms with Crippen molar-refractivity contribution in [3.05, 3.63) is 72.1 Å². The van der Waals surface area contributed by atoms with E-state index in [-0.39, 0.29) is 0 Å². The summed E-state index contributed by atoms with van der Waals surface area (Å²) in [5.74, 6) is 1.35. The van der Waals surface area contributed by atoms with E-state index in [1.807, 2.05) is 42.5 Å². The quantitative estimate of drug-likeness (QED) is 0.449. The number of thioether (sulfide) groups is 1. The number of benzene rings is 2. The maximum atomic E-state index is 4.39. The van der Waals surface area contributed by atoms with E-state index in [4.69, 9.17) is 0 Å². The molecule has 0 radical (unpaired) electrons. The van der Waals surface area contributed by atoms with Gasteiger partial charge in [-0.2, -0.15) is 4.68 Å². The lowest BCUT2D eigenvalue weighted by Gasteiger charge is -2.07. The third-order valence-corrected chi connectivity index (χ3v) is 5.36. The van der Waals surface area contributed by atoms with Crippen molar-refractivity contribution < 1.29 is 0 Å². The van der Waals surface area contributed by atoms with Gasteiger partial charge in [0.05, 0.1) is 17.0 Å². The molecule has 3 heterocycles. The lowest BCUT2D eigenvalue weighted by molar-refractivity contribution is 0.777. The Morgan fingerprint density at radius 2 is 1.74 bits per heavy atom. The Morgan fingerprint density at radius 3 is 2.63 bits per heavy atom. The van der Waals surface area contributed by atoms with Crippen LogP contribution in [-0.4, -0.2) is 34.8 Å². The molecule has 0 amide bonds. The zero-order chi connectivity index (χ0) is 18.2. The molecule has 0 aliphatic rings. The van der Waals surface area contributed by atoms with Gasteiger partial charge < -0.3 is 0 Å². The molecule has 0 spiro atoms. The number of aromatic nitrogens is 7. The number of hydrogen-bond acceptors (Lipinski definition) is 6. The van der Waals surface area contributed by atoms with E-state index in [0.29, 0.717) is 5.75 Å². The molecule has 8 heteroatoms. The minimum absolute atomic E-state index is 0.588. The summed E-state index contributed by atoms with van der Waals surface area (Å²) in [6.07, 6.45) is 0. The number of pyridine rings is 1. The van der Waals surface area contributed by atoms with Crippen LogP contribution in [0.15, 0.2) is 65.8 Å². The number of fused-ring (bicyclic) bond motifs is 3. The van der Waals surface area contributed by atoms with Crippen LogP contribution in [0.4, 0.5) is 0 Å². The normalized spacial score (nSPS) is 11.4. The maximum Gasteiger partial charge on any atom is 0.196 e. The number of hydrogen-bond donors (Lipinski definition) is 0. The molecule has 0 atom stereocenters. The summed E-state index contributed by atoms with van der Waals surface area (Å²) in [7, 11) is 0. The number of para-hydroxylation sites is 2. The molecule has 27 heavy (non-hydrogen) atoms. The first-order valence-electron chi connectivity index (χ1n) is 8.50. The lowest BCUT2D eigenvalue weighted by Crippen LogP contribution is -2.02. The fraction of sp³-hybridized carbons (Fsp3) is 0.105. The molecule has 0 N–H and O–H groups in total. The van der Waals surface area contributed by atoms with Crippen molar-refractivity contribution in [1.82, 2.24) is 34.8 Å². The highest BCUT2D eigenvalue weighted by Crippen LogP contribution is 2.27. The van der Waals surface area contributed by atoms with Crippen LogP contribution in [0.1, 0.15) is 11.4 Å². The highest BCUT2D eigenvalue weighted by Gasteiger charge is 2.14. The van der Waals surface area contributed by atoms with Gasteiger partial charge in [0.25, 0.3) is 0 Å². The predicted octanol–water partition coefficient (Wildman–Crippen LogP) is 3.46. The predicted molar refractivity (Wildman–Crippen MR) is 104 cm³/mol. The number of nitrogens with zero attached hydrogens (tertiary/aromatic N) is 7. The number of tetrazole rings is 1. The summed E-state index contributed by atoms with van der Waals surface area (Å²) in [4.78, 5) is 0. The smallest absolute Gasteiger partial charge is 0.196 e. The standard InChI is InChI=1S/C19H15N7S/c1-13-11-17-20-22-19(25(17)16-10-6-5-9-15(13)16)27-12-18-21-23-24-26(18)14-7-3-2-4-8-14/h2-11H,12H2,1H3. The molecule has 132 valence electrons. The van der Waals surface area contributed by atoms with Gasteiger partial charge in [-0.15, -0.1) is 15.3 Å². The SMILES string of the molecule is Cc1cc2nnc(SCc3nnnn3-c3ccccc3)n2c2ccccc12. The van der Waals surface area contributed by atoms with Crippen molar-refractivity contribution in [3.63, 3.8) is 0 Å². The van der Waals surface area contributed by atoms with Gasteiger partial charge in [-0.05, 0) is 47.2 Å². The molecular formula is C19H15N7S. The van der Waals surface area contributed by atoms with Gasteiger partial charge in [-0.3, -0.25) is 4.40 Å². The minimum Gasteiger partial charge on any atom is -0.270 e. The Hall–Kier alpha value is -3.26. The molecule has 0 unspecified atom stereocenters. The summed E-state index contributed by atoms with van der Waals surface area (Å²) in [5, 5.41) is 22.9. The molecule has 0 saturated heterocycles. The van der Waals surface area contributed by atoms with Crippen LogP contribution in [0.25, 0.3) is 22.2 Å². The highest BCUT2D eigenvalue weighted by atomic mass is 32.2. The van der Waals surface area contributed by atoms with Gasteiger partial charge in [0.15, 0.2) is 16.6 Å². The van der Waals surface area contributed by atoms with E-state index in [1.54, 1.807) is 16.4 Å². The first-order valence-corrected chi connectivity index (χ1v) is 9.49. The van der Waals surface area contributed by atoms with Crippen molar-refractivity contribution in [3.8, 4) is 5.69 Å². The van der Waals surface area contributed by atoms with Gasteiger partial charge in [0.2, 0.25) is 0 Å². The summed E-state index contributed by atoms with van der Waals surface area (Å²) in [5.41, 5.74) is 4.07. The van der Waals surface area contributed by atoms with E-state index in [9.17, 15) is 0 Å². The zero-order valence-electron chi connectivity index (χ0n) is 14.5. The van der Waals surface area contributed by atoms with Gasteiger partial charge >= 0.3 is 0 Å². The van der Waals surface area contributed by atoms with E-state index in [0.717, 1.165) is 27.8 Å². The fourth-order valence-corrected chi connectivity index (χ4v) is 4.02. The largest absolute Gasteiger partial charge is 0.270 e. The van der Waals surface area contributed by atoms with Crippen molar-refractivity contribution in [2.75, 3.05) is 0 Å². The van der Waals surface area contributed by atoms with Crippen LogP contribution in [0.3, 0.4) is 0 Å². The van der Waals surface area contributed by atoms with E-state index < -0.39 is 0 Å². The average molecular weight is 373 g/mol. The third kappa shape index (κ3) is 2.74. The average Bonchev–Trinajstić information content (AvgIpc) is 3.34. The second kappa shape index (κ2) is 6.48. The molecule has 5 aromatic rings. The Labute approximate surface area is 159 Å². The highest BCUT2D eigenvalue weighted by molar-refractivity contribution is 7.98. The summed E-state index contributed by atoms with van der Waals surface area (Å²) in [6, 6.07) is 20.2. The molecule has 5 rings (SSSR count). The van der Waals surface area contributed by atoms with E-state index in [2.05, 4.69) is 55.2 Å². The first kappa shape index (κ1) is 16.0. The zero-order valence-corrected chi connectivity index (χ0v) is 15.3. The summed E-state index contributed by atoms with van der Waals surface area (Å²) < 4.78 is 3.84. The Bertz CT molecular complexity index is 1240. The van der Waals surface area contributed by atoms with Crippen LogP contribution in [0, 0.1) is 6.92 Å². The van der Waals surface area contributed by atoms with Gasteiger partial charge in [-0.1, -0.05) is 48.2 Å². The summed E-state index contributed by atoms with van der Waals surface area (Å²) in [6.45, 7) is 2.10. The molecule has 0 saturated carbocycles. The van der Waals surface area contributed by atoms with Crippen LogP contribution in [0.5, 0.6) is 0 Å². The Kier molecular flexibility index (Phi) is 3.83. The molecular weight excluding hydrogens is 358 g/mol. The molecule has 0 aliphatic heterocycles. The van der Waals surface area contributed by atoms with Crippen LogP contribution >= 0.6 is 11.8 Å². The maximum absolute atomic E-state index is 4.39. The van der Waals surface area contributed by atoms with Crippen LogP contribution < -0.4 is 0 Å². The monoisotopic (exact) mass is 373 g/mol. The van der Waals surface area contributed by atoms with Gasteiger partial charge in [0, 0.05) is 5.39 Å². The van der Waals surface area contributed by atoms with Crippen molar-refractivity contribution >= 4 is 28.3 Å². The van der Waals surface area contributed by atoms with Gasteiger partial charge in [0.1, 0.15) is 0 Å². The number of rotatable bonds is 4. The van der Waals surface area contributed by atoms with Crippen LogP contribution in [-0.2, 0) is 5.75 Å². The fourth-order valence-electron chi connectivity index (χ4n) is 3.16. The molecule has 2 aromatic carbocycles. The molecule has 0 aliphatic carbocycles. The minimum atomic E-state index is 0.588. The molecule has 0 fully saturated rings. The van der Waals surface area contributed by atoms with Crippen molar-refractivity contribution in [2.45, 2.75) is 17.8 Å². The van der Waals surface area contributed by atoms with E-state index >= 15 is 0 Å². The topological polar surface area (TPSA) is 73.8 Å². The van der Waals surface area contributed by atoms with Crippen LogP contribution in [0.2, 0.25) is 0 Å². The molecule has 3 aromatic heterocycles. The Balaban J connectivity index is 1.52. The lowest BCUT2D eigenvalue weighted by atomic mass is 10.1. The van der Waals surface area contributed by atoms with Crippen molar-refractivity contribution in [2.24, 2.45) is 0 Å². The molecule has 0 bridgehead atoms. The third-order valence-electron chi connectivity index (χ3n) is 4.44. The van der Waals surface area contributed by atoms with Gasteiger partial charge in [-0.25, -0.2) is 0 Å². The first-order chi connectivity index (χ1) is 13.3. The molecule has 7 nitrogen and oxygen atoms in total. The summed E-state index contributed by atoms with van der Waals surface area (Å²) >= 11 is 1.57. The Morgan fingerprint density at radius 1 is 0.926 bits per heavy atom. The second-order valence-electron chi connectivity index (χ2n) is 6.15.